The summed E-state index contributed by atoms with van der Waals surface area (Å²) < 4.78 is 1.66. The van der Waals surface area contributed by atoms with E-state index in [9.17, 15) is 10.1 Å². The average Bonchev–Trinajstić information content (AvgIpc) is 2.91. The molecule has 0 spiro atoms. The molecule has 0 bridgehead atoms. The van der Waals surface area contributed by atoms with E-state index in [0.29, 0.717) is 24.7 Å². The van der Waals surface area contributed by atoms with Crippen molar-refractivity contribution in [1.82, 2.24) is 20.0 Å². The highest BCUT2D eigenvalue weighted by Gasteiger charge is 2.10. The first kappa shape index (κ1) is 12.7. The van der Waals surface area contributed by atoms with Crippen LogP contribution in [-0.4, -0.2) is 38.5 Å². The van der Waals surface area contributed by atoms with Crippen LogP contribution >= 0.6 is 0 Å². The van der Waals surface area contributed by atoms with Crippen molar-refractivity contribution < 1.29 is 4.92 Å². The molecule has 0 amide bonds. The number of nitrogens with one attached hydrogen (secondary N) is 2. The van der Waals surface area contributed by atoms with Crippen LogP contribution in [0.25, 0.3) is 0 Å². The molecule has 0 aliphatic rings. The first-order valence-corrected chi connectivity index (χ1v) is 5.61. The van der Waals surface area contributed by atoms with Gasteiger partial charge in [-0.1, -0.05) is 5.21 Å². The third-order valence-electron chi connectivity index (χ3n) is 2.40. The van der Waals surface area contributed by atoms with Crippen LogP contribution < -0.4 is 10.6 Å². The zero-order valence-corrected chi connectivity index (χ0v) is 10.3. The van der Waals surface area contributed by atoms with Gasteiger partial charge in [-0.05, 0) is 0 Å². The second kappa shape index (κ2) is 5.76. The van der Waals surface area contributed by atoms with Gasteiger partial charge in [0.2, 0.25) is 0 Å². The van der Waals surface area contributed by atoms with E-state index in [1.165, 1.54) is 12.1 Å². The van der Waals surface area contributed by atoms with Crippen LogP contribution in [0.2, 0.25) is 0 Å². The smallest absolute Gasteiger partial charge is 0.276 e. The van der Waals surface area contributed by atoms with E-state index < -0.39 is 4.92 Å². The molecule has 0 aliphatic carbocycles. The molecule has 2 rings (SSSR count). The highest BCUT2D eigenvalue weighted by atomic mass is 16.6. The van der Waals surface area contributed by atoms with Crippen molar-refractivity contribution in [2.45, 2.75) is 6.54 Å². The summed E-state index contributed by atoms with van der Waals surface area (Å²) in [6.45, 7) is 1.14. The number of nitrogens with zero attached hydrogens (tertiary/aromatic N) is 5. The van der Waals surface area contributed by atoms with E-state index >= 15 is 0 Å². The minimum Gasteiger partial charge on any atom is -0.373 e. The summed E-state index contributed by atoms with van der Waals surface area (Å²) >= 11 is 0. The molecule has 2 aromatic rings. The molecular weight excluding hydrogens is 250 g/mol. The predicted octanol–water partition coefficient (Wildman–Crippen LogP) is 0.735. The summed E-state index contributed by atoms with van der Waals surface area (Å²) in [6, 6.07) is 2.77. The van der Waals surface area contributed by atoms with Gasteiger partial charge < -0.3 is 10.6 Å². The molecule has 9 heteroatoms. The van der Waals surface area contributed by atoms with Gasteiger partial charge >= 0.3 is 0 Å². The van der Waals surface area contributed by atoms with Crippen LogP contribution in [0.3, 0.4) is 0 Å². The molecule has 2 aromatic heterocycles. The lowest BCUT2D eigenvalue weighted by Gasteiger charge is -2.07. The SMILES string of the molecule is CNc1cc([N+](=O)[O-])cc(NCCn2ccnn2)n1. The fraction of sp³-hybridized carbons (Fsp3) is 0.300. The van der Waals surface area contributed by atoms with Gasteiger partial charge in [0.05, 0.1) is 29.8 Å². The summed E-state index contributed by atoms with van der Waals surface area (Å²) in [5.74, 6) is 0.885. The van der Waals surface area contributed by atoms with Crippen LogP contribution in [-0.2, 0) is 6.54 Å². The Kier molecular flexibility index (Phi) is 3.86. The monoisotopic (exact) mass is 263 g/mol. The van der Waals surface area contributed by atoms with E-state index in [-0.39, 0.29) is 5.69 Å². The molecule has 9 nitrogen and oxygen atoms in total. The van der Waals surface area contributed by atoms with Gasteiger partial charge in [0.1, 0.15) is 11.6 Å². The summed E-state index contributed by atoms with van der Waals surface area (Å²) in [6.07, 6.45) is 3.33. The molecule has 0 aliphatic heterocycles. The first-order chi connectivity index (χ1) is 9.19. The fourth-order valence-corrected chi connectivity index (χ4v) is 1.49. The van der Waals surface area contributed by atoms with Crippen molar-refractivity contribution in [3.63, 3.8) is 0 Å². The third kappa shape index (κ3) is 3.37. The van der Waals surface area contributed by atoms with Crippen LogP contribution in [0.15, 0.2) is 24.5 Å². The van der Waals surface area contributed by atoms with Crippen LogP contribution in [0.5, 0.6) is 0 Å². The fourth-order valence-electron chi connectivity index (χ4n) is 1.49. The standard InChI is InChI=1S/C10H13N7O2/c1-11-9-6-8(17(18)19)7-10(14-9)12-2-4-16-5-3-13-15-16/h3,5-7H,2,4H2,1H3,(H2,11,12,14). The van der Waals surface area contributed by atoms with Gasteiger partial charge in [0.25, 0.3) is 5.69 Å². The lowest BCUT2D eigenvalue weighted by Crippen LogP contribution is -2.12. The summed E-state index contributed by atoms with van der Waals surface area (Å²) in [5, 5.41) is 24.1. The molecule has 19 heavy (non-hydrogen) atoms. The molecular formula is C10H13N7O2. The second-order valence-corrected chi connectivity index (χ2v) is 3.70. The Labute approximate surface area is 108 Å². The Morgan fingerprint density at radius 2 is 2.21 bits per heavy atom. The van der Waals surface area contributed by atoms with Gasteiger partial charge in [-0.15, -0.1) is 5.10 Å². The number of rotatable bonds is 6. The Balaban J connectivity index is 2.02. The van der Waals surface area contributed by atoms with E-state index in [1.807, 2.05) is 0 Å². The Hall–Kier alpha value is -2.71. The van der Waals surface area contributed by atoms with Crippen molar-refractivity contribution in [3.8, 4) is 0 Å². The van der Waals surface area contributed by atoms with E-state index in [2.05, 4.69) is 25.9 Å². The van der Waals surface area contributed by atoms with Gasteiger partial charge in [-0.25, -0.2) is 4.98 Å². The van der Waals surface area contributed by atoms with Gasteiger partial charge in [0, 0.05) is 19.8 Å². The first-order valence-electron chi connectivity index (χ1n) is 5.61. The zero-order valence-electron chi connectivity index (χ0n) is 10.3. The molecule has 0 fully saturated rings. The zero-order chi connectivity index (χ0) is 13.7. The normalized spacial score (nSPS) is 10.2. The number of anilines is 2. The van der Waals surface area contributed by atoms with Crippen molar-refractivity contribution in [2.75, 3.05) is 24.2 Å². The molecule has 100 valence electrons. The molecule has 2 N–H and O–H groups in total. The lowest BCUT2D eigenvalue weighted by molar-refractivity contribution is -0.384. The number of hydrogen-bond acceptors (Lipinski definition) is 7. The quantitative estimate of drug-likeness (QED) is 0.583. The molecule has 2 heterocycles. The van der Waals surface area contributed by atoms with Crippen molar-refractivity contribution in [2.24, 2.45) is 0 Å². The van der Waals surface area contributed by atoms with Crippen LogP contribution in [0.4, 0.5) is 17.3 Å². The Morgan fingerprint density at radius 3 is 2.84 bits per heavy atom. The number of nitro groups is 1. The largest absolute Gasteiger partial charge is 0.373 e. The highest BCUT2D eigenvalue weighted by molar-refractivity contribution is 5.54. The molecule has 0 saturated heterocycles. The van der Waals surface area contributed by atoms with E-state index in [0.717, 1.165) is 0 Å². The lowest BCUT2D eigenvalue weighted by atomic mass is 10.3. The van der Waals surface area contributed by atoms with Crippen molar-refractivity contribution in [1.29, 1.82) is 0 Å². The van der Waals surface area contributed by atoms with Crippen LogP contribution in [0, 0.1) is 10.1 Å². The molecule has 0 saturated carbocycles. The molecule has 0 radical (unpaired) electrons. The maximum absolute atomic E-state index is 10.8. The Morgan fingerprint density at radius 1 is 1.42 bits per heavy atom. The van der Waals surface area contributed by atoms with Crippen LogP contribution in [0.1, 0.15) is 0 Å². The van der Waals surface area contributed by atoms with Crippen molar-refractivity contribution in [3.05, 3.63) is 34.6 Å². The Bertz CT molecular complexity index is 555. The topological polar surface area (TPSA) is 111 Å². The maximum atomic E-state index is 10.8. The van der Waals surface area contributed by atoms with Gasteiger partial charge in [-0.2, -0.15) is 0 Å². The summed E-state index contributed by atoms with van der Waals surface area (Å²) in [7, 11) is 1.66. The minimum absolute atomic E-state index is 0.0115. The number of aromatic nitrogens is 4. The molecule has 0 atom stereocenters. The predicted molar refractivity (Wildman–Crippen MR) is 68.9 cm³/mol. The second-order valence-electron chi connectivity index (χ2n) is 3.70. The van der Waals surface area contributed by atoms with Crippen molar-refractivity contribution >= 4 is 17.3 Å². The molecule has 0 aromatic carbocycles. The number of pyridine rings is 1. The van der Waals surface area contributed by atoms with Gasteiger partial charge in [0.15, 0.2) is 0 Å². The van der Waals surface area contributed by atoms with E-state index in [1.54, 1.807) is 24.1 Å². The highest BCUT2D eigenvalue weighted by Crippen LogP contribution is 2.19. The summed E-state index contributed by atoms with van der Waals surface area (Å²) in [4.78, 5) is 14.5. The minimum atomic E-state index is -0.453. The number of hydrogen-bond donors (Lipinski definition) is 2. The van der Waals surface area contributed by atoms with E-state index in [4.69, 9.17) is 0 Å². The summed E-state index contributed by atoms with van der Waals surface area (Å²) in [5.41, 5.74) is -0.0115. The van der Waals surface area contributed by atoms with Gasteiger partial charge in [-0.3, -0.25) is 14.8 Å². The maximum Gasteiger partial charge on any atom is 0.276 e. The third-order valence-corrected chi connectivity index (χ3v) is 2.40. The average molecular weight is 263 g/mol. The molecule has 0 unspecified atom stereocenters.